The monoisotopic (exact) mass is 347 g/mol. The molecule has 140 valence electrons. The van der Waals surface area contributed by atoms with E-state index in [2.05, 4.69) is 24.4 Å². The van der Waals surface area contributed by atoms with Gasteiger partial charge in [0.15, 0.2) is 0 Å². The summed E-state index contributed by atoms with van der Waals surface area (Å²) in [4.78, 5) is 11.1. The second-order valence-electron chi connectivity index (χ2n) is 9.61. The molecule has 0 radical (unpaired) electrons. The van der Waals surface area contributed by atoms with Crippen LogP contribution in [0, 0.1) is 34.5 Å². The number of carbonyl (C=O) groups excluding carboxylic acids is 1. The van der Waals surface area contributed by atoms with Crippen molar-refractivity contribution >= 4 is 11.7 Å². The van der Waals surface area contributed by atoms with Crippen molar-refractivity contribution in [3.63, 3.8) is 0 Å². The van der Waals surface area contributed by atoms with E-state index in [1.54, 1.807) is 0 Å². The van der Waals surface area contributed by atoms with Crippen LogP contribution in [0.15, 0.2) is 5.10 Å². The lowest BCUT2D eigenvalue weighted by Crippen LogP contribution is -2.54. The van der Waals surface area contributed by atoms with Gasteiger partial charge in [0.1, 0.15) is 0 Å². The number of rotatable bonds is 1. The third kappa shape index (κ3) is 2.61. The molecule has 0 unspecified atom stereocenters. The first-order chi connectivity index (χ1) is 11.8. The van der Waals surface area contributed by atoms with Crippen molar-refractivity contribution in [3.8, 4) is 0 Å². The van der Waals surface area contributed by atoms with Gasteiger partial charge in [-0.05, 0) is 86.9 Å². The fourth-order valence-corrected chi connectivity index (χ4v) is 7.33. The average molecular weight is 348 g/mol. The lowest BCUT2D eigenvalue weighted by molar-refractivity contribution is -0.113. The van der Waals surface area contributed by atoms with Gasteiger partial charge in [0.25, 0.3) is 0 Å². The van der Waals surface area contributed by atoms with E-state index in [0.717, 1.165) is 36.8 Å². The number of aliphatic hydroxyl groups excluding tert-OH is 1. The highest BCUT2D eigenvalue weighted by molar-refractivity contribution is 5.93. The van der Waals surface area contributed by atoms with Crippen molar-refractivity contribution in [2.24, 2.45) is 45.3 Å². The molecule has 7 atom stereocenters. The topological polar surface area (TPSA) is 87.7 Å². The van der Waals surface area contributed by atoms with E-state index in [4.69, 9.17) is 5.73 Å². The zero-order chi connectivity index (χ0) is 17.8. The van der Waals surface area contributed by atoms with Crippen LogP contribution >= 0.6 is 0 Å². The standard InChI is InChI=1S/C20H33N3O2/c1-19-9-7-13(24)11-12(19)3-4-14-15-5-6-17(22-23-18(21)25)20(15,2)10-8-16(14)19/h12-16,24H,3-11H2,1-2H3,(H3,21,23,25)/b22-17-/t12-,13+,14-,15-,16-,19-,20-/m0/s1. The predicted octanol–water partition coefficient (Wildman–Crippen LogP) is 3.41. The van der Waals surface area contributed by atoms with E-state index in [1.165, 1.54) is 38.5 Å². The van der Waals surface area contributed by atoms with Crippen LogP contribution in [0.2, 0.25) is 0 Å². The SMILES string of the molecule is C[C@]12CC[C@@H](O)C[C@@H]1CC[C@@H]1[C@@H]2CC[C@]2(C)/C(=N\NC(N)=O)CC[C@@H]12. The number of aliphatic hydroxyl groups is 1. The molecule has 0 saturated heterocycles. The number of fused-ring (bicyclic) bond motifs is 5. The molecule has 25 heavy (non-hydrogen) atoms. The molecule has 0 aromatic rings. The number of hydrogen-bond acceptors (Lipinski definition) is 3. The van der Waals surface area contributed by atoms with Crippen molar-refractivity contribution in [1.29, 1.82) is 0 Å². The number of amides is 2. The van der Waals surface area contributed by atoms with E-state index in [-0.39, 0.29) is 11.5 Å². The minimum Gasteiger partial charge on any atom is -0.393 e. The van der Waals surface area contributed by atoms with Gasteiger partial charge in [0, 0.05) is 11.1 Å². The second kappa shape index (κ2) is 5.97. The highest BCUT2D eigenvalue weighted by atomic mass is 16.3. The van der Waals surface area contributed by atoms with E-state index < -0.39 is 6.03 Å². The van der Waals surface area contributed by atoms with Gasteiger partial charge in [-0.3, -0.25) is 0 Å². The Labute approximate surface area is 150 Å². The number of hydrogen-bond donors (Lipinski definition) is 3. The summed E-state index contributed by atoms with van der Waals surface area (Å²) in [6.45, 7) is 4.88. The molecule has 0 aliphatic heterocycles. The second-order valence-corrected chi connectivity index (χ2v) is 9.61. The Bertz CT molecular complexity index is 591. The van der Waals surface area contributed by atoms with Crippen LogP contribution in [0.5, 0.6) is 0 Å². The Morgan fingerprint density at radius 1 is 1.16 bits per heavy atom. The van der Waals surface area contributed by atoms with E-state index >= 15 is 0 Å². The number of nitrogens with two attached hydrogens (primary N) is 1. The molecule has 0 heterocycles. The lowest BCUT2D eigenvalue weighted by Gasteiger charge is -2.60. The fraction of sp³-hybridized carbons (Fsp3) is 0.900. The van der Waals surface area contributed by atoms with Gasteiger partial charge < -0.3 is 10.8 Å². The van der Waals surface area contributed by atoms with Crippen LogP contribution < -0.4 is 11.2 Å². The lowest BCUT2D eigenvalue weighted by atomic mass is 9.45. The predicted molar refractivity (Wildman–Crippen MR) is 97.9 cm³/mol. The van der Waals surface area contributed by atoms with Crippen LogP contribution in [0.25, 0.3) is 0 Å². The summed E-state index contributed by atoms with van der Waals surface area (Å²) in [7, 11) is 0. The molecule has 0 bridgehead atoms. The minimum atomic E-state index is -0.568. The number of nitrogens with zero attached hydrogens (tertiary/aromatic N) is 1. The molecule has 2 amide bonds. The van der Waals surface area contributed by atoms with Gasteiger partial charge in [0.05, 0.1) is 6.10 Å². The van der Waals surface area contributed by atoms with Gasteiger partial charge in [-0.15, -0.1) is 0 Å². The average Bonchev–Trinajstić information content (AvgIpc) is 2.90. The summed E-state index contributed by atoms with van der Waals surface area (Å²) in [5.74, 6) is 2.95. The summed E-state index contributed by atoms with van der Waals surface area (Å²) in [5, 5.41) is 14.5. The maximum absolute atomic E-state index is 11.1. The molecular formula is C20H33N3O2. The molecule has 4 saturated carbocycles. The van der Waals surface area contributed by atoms with Crippen molar-refractivity contribution in [3.05, 3.63) is 0 Å². The van der Waals surface area contributed by atoms with Gasteiger partial charge in [-0.1, -0.05) is 13.8 Å². The molecular weight excluding hydrogens is 314 g/mol. The maximum Gasteiger partial charge on any atom is 0.332 e. The molecule has 4 aliphatic carbocycles. The zero-order valence-electron chi connectivity index (χ0n) is 15.6. The molecule has 0 aromatic carbocycles. The molecule has 4 fully saturated rings. The van der Waals surface area contributed by atoms with Crippen molar-refractivity contribution in [2.45, 2.75) is 77.7 Å². The number of primary amides is 1. The number of urea groups is 1. The largest absolute Gasteiger partial charge is 0.393 e. The quantitative estimate of drug-likeness (QED) is 0.635. The molecule has 0 aromatic heterocycles. The van der Waals surface area contributed by atoms with E-state index in [1.807, 2.05) is 0 Å². The van der Waals surface area contributed by atoms with E-state index in [0.29, 0.717) is 17.3 Å². The third-order valence-corrected chi connectivity index (χ3v) is 8.68. The summed E-state index contributed by atoms with van der Waals surface area (Å²) in [6.07, 6.45) is 10.3. The van der Waals surface area contributed by atoms with Gasteiger partial charge in [-0.25, -0.2) is 10.2 Å². The highest BCUT2D eigenvalue weighted by Gasteiger charge is 2.59. The van der Waals surface area contributed by atoms with Crippen molar-refractivity contribution in [1.82, 2.24) is 5.43 Å². The molecule has 4 rings (SSSR count). The summed E-state index contributed by atoms with van der Waals surface area (Å²) in [6, 6.07) is -0.568. The molecule has 0 spiro atoms. The zero-order valence-corrected chi connectivity index (χ0v) is 15.6. The fourth-order valence-electron chi connectivity index (χ4n) is 7.33. The van der Waals surface area contributed by atoms with Crippen molar-refractivity contribution < 1.29 is 9.90 Å². The molecule has 4 N–H and O–H groups in total. The van der Waals surface area contributed by atoms with Gasteiger partial charge in [-0.2, -0.15) is 5.10 Å². The molecule has 5 heteroatoms. The minimum absolute atomic E-state index is 0.0754. The number of nitrogens with one attached hydrogen (secondary N) is 1. The van der Waals surface area contributed by atoms with Gasteiger partial charge in [0.2, 0.25) is 0 Å². The van der Waals surface area contributed by atoms with Crippen LogP contribution in [0.3, 0.4) is 0 Å². The Balaban J connectivity index is 1.58. The van der Waals surface area contributed by atoms with Crippen LogP contribution in [-0.4, -0.2) is 23.0 Å². The number of carbonyl (C=O) groups is 1. The summed E-state index contributed by atoms with van der Waals surface area (Å²) >= 11 is 0. The maximum atomic E-state index is 11.1. The van der Waals surface area contributed by atoms with E-state index in [9.17, 15) is 9.90 Å². The normalized spacial score (nSPS) is 50.7. The summed E-state index contributed by atoms with van der Waals surface area (Å²) < 4.78 is 0. The first-order valence-electron chi connectivity index (χ1n) is 10.1. The smallest absolute Gasteiger partial charge is 0.332 e. The van der Waals surface area contributed by atoms with Crippen LogP contribution in [0.1, 0.15) is 71.6 Å². The summed E-state index contributed by atoms with van der Waals surface area (Å²) in [5.41, 5.74) is 9.38. The van der Waals surface area contributed by atoms with Crippen LogP contribution in [-0.2, 0) is 0 Å². The Hall–Kier alpha value is -1.10. The highest BCUT2D eigenvalue weighted by Crippen LogP contribution is 2.65. The first-order valence-corrected chi connectivity index (χ1v) is 10.1. The Morgan fingerprint density at radius 3 is 2.72 bits per heavy atom. The van der Waals surface area contributed by atoms with Gasteiger partial charge >= 0.3 is 6.03 Å². The Morgan fingerprint density at radius 2 is 1.96 bits per heavy atom. The van der Waals surface area contributed by atoms with Crippen molar-refractivity contribution in [2.75, 3.05) is 0 Å². The molecule has 5 nitrogen and oxygen atoms in total. The molecule has 4 aliphatic rings. The number of hydrazone groups is 1. The first kappa shape index (κ1) is 17.3. The third-order valence-electron chi connectivity index (χ3n) is 8.68. The van der Waals surface area contributed by atoms with Crippen LogP contribution in [0.4, 0.5) is 4.79 Å². The Kier molecular flexibility index (Phi) is 4.13.